The average Bonchev–Trinajstić information content (AvgIpc) is 2.70. The first-order valence-corrected chi connectivity index (χ1v) is 7.53. The predicted octanol–water partition coefficient (Wildman–Crippen LogP) is 3.13. The van der Waals surface area contributed by atoms with Gasteiger partial charge in [-0.2, -0.15) is 0 Å². The molecule has 0 aromatic heterocycles. The summed E-state index contributed by atoms with van der Waals surface area (Å²) in [6.45, 7) is 10.8. The van der Waals surface area contributed by atoms with Crippen molar-refractivity contribution in [3.63, 3.8) is 0 Å². The van der Waals surface area contributed by atoms with Gasteiger partial charge in [-0.1, -0.05) is 33.6 Å². The Labute approximate surface area is 108 Å². The zero-order chi connectivity index (χ0) is 12.7. The van der Waals surface area contributed by atoms with Gasteiger partial charge in [0.1, 0.15) is 0 Å². The Balaban J connectivity index is 2.02. The van der Waals surface area contributed by atoms with E-state index in [0.717, 1.165) is 17.9 Å². The summed E-state index contributed by atoms with van der Waals surface area (Å²) in [5, 5.41) is 3.62. The van der Waals surface area contributed by atoms with E-state index in [2.05, 4.69) is 38.0 Å². The lowest BCUT2D eigenvalue weighted by Crippen LogP contribution is -2.29. The maximum Gasteiger partial charge on any atom is 0.00823 e. The first-order valence-electron chi connectivity index (χ1n) is 7.53. The molecule has 2 nitrogen and oxygen atoms in total. The van der Waals surface area contributed by atoms with Gasteiger partial charge in [-0.05, 0) is 57.8 Å². The minimum Gasteiger partial charge on any atom is -0.314 e. The Kier molecular flexibility index (Phi) is 7.14. The molecule has 1 aliphatic rings. The highest BCUT2D eigenvalue weighted by molar-refractivity contribution is 4.79. The lowest BCUT2D eigenvalue weighted by molar-refractivity contribution is 0.285. The van der Waals surface area contributed by atoms with Crippen molar-refractivity contribution in [2.45, 2.75) is 58.9 Å². The Hall–Kier alpha value is -0.0800. The predicted molar refractivity (Wildman–Crippen MR) is 76.4 cm³/mol. The van der Waals surface area contributed by atoms with E-state index < -0.39 is 0 Å². The highest BCUT2D eigenvalue weighted by Crippen LogP contribution is 2.16. The summed E-state index contributed by atoms with van der Waals surface area (Å²) in [5.74, 6) is 1.78. The molecule has 1 N–H and O–H groups in total. The maximum atomic E-state index is 3.62. The second-order valence-corrected chi connectivity index (χ2v) is 6.22. The fourth-order valence-corrected chi connectivity index (χ4v) is 2.81. The summed E-state index contributed by atoms with van der Waals surface area (Å²) in [6, 6.07) is 0.778. The first kappa shape index (κ1) is 15.0. The number of hydrogen-bond acceptors (Lipinski definition) is 2. The van der Waals surface area contributed by atoms with Crippen molar-refractivity contribution in [1.82, 2.24) is 10.2 Å². The van der Waals surface area contributed by atoms with Crippen LogP contribution in [-0.4, -0.2) is 37.6 Å². The molecule has 0 amide bonds. The molecule has 102 valence electrons. The molecule has 0 bridgehead atoms. The van der Waals surface area contributed by atoms with E-state index in [1.54, 1.807) is 0 Å². The molecule has 1 rings (SSSR count). The molecule has 1 saturated heterocycles. The summed E-state index contributed by atoms with van der Waals surface area (Å²) < 4.78 is 0. The fourth-order valence-electron chi connectivity index (χ4n) is 2.81. The third kappa shape index (κ3) is 6.42. The second kappa shape index (κ2) is 8.10. The molecule has 0 radical (unpaired) electrons. The Bertz CT molecular complexity index is 193. The zero-order valence-electron chi connectivity index (χ0n) is 12.3. The smallest absolute Gasteiger partial charge is 0.00823 e. The molecule has 0 saturated carbocycles. The molecular weight excluding hydrogens is 208 g/mol. The van der Waals surface area contributed by atoms with E-state index in [1.165, 1.54) is 51.7 Å². The van der Waals surface area contributed by atoms with Gasteiger partial charge in [0.2, 0.25) is 0 Å². The van der Waals surface area contributed by atoms with Crippen LogP contribution in [0.4, 0.5) is 0 Å². The molecule has 0 spiro atoms. The minimum atomic E-state index is 0.778. The van der Waals surface area contributed by atoms with Crippen molar-refractivity contribution >= 4 is 0 Å². The lowest BCUT2D eigenvalue weighted by atomic mass is 10.0. The van der Waals surface area contributed by atoms with Crippen LogP contribution in [0.5, 0.6) is 0 Å². The summed E-state index contributed by atoms with van der Waals surface area (Å²) in [5.41, 5.74) is 0. The van der Waals surface area contributed by atoms with E-state index in [-0.39, 0.29) is 0 Å². The van der Waals surface area contributed by atoms with Crippen LogP contribution in [0.1, 0.15) is 52.9 Å². The third-order valence-corrected chi connectivity index (χ3v) is 4.09. The average molecular weight is 240 g/mol. The van der Waals surface area contributed by atoms with E-state index >= 15 is 0 Å². The highest BCUT2D eigenvalue weighted by Gasteiger charge is 2.20. The topological polar surface area (TPSA) is 15.3 Å². The van der Waals surface area contributed by atoms with E-state index in [1.807, 2.05) is 0 Å². The van der Waals surface area contributed by atoms with E-state index in [4.69, 9.17) is 0 Å². The largest absolute Gasteiger partial charge is 0.314 e. The highest BCUT2D eigenvalue weighted by atomic mass is 15.1. The number of hydrogen-bond donors (Lipinski definition) is 1. The van der Waals surface area contributed by atoms with Crippen LogP contribution in [0.15, 0.2) is 0 Å². The van der Waals surface area contributed by atoms with Crippen LogP contribution in [0.2, 0.25) is 0 Å². The zero-order valence-corrected chi connectivity index (χ0v) is 12.3. The fraction of sp³-hybridized carbons (Fsp3) is 1.00. The molecular formula is C15H32N2. The quantitative estimate of drug-likeness (QED) is 0.701. The Morgan fingerprint density at radius 1 is 1.29 bits per heavy atom. The van der Waals surface area contributed by atoms with Crippen LogP contribution >= 0.6 is 0 Å². The molecule has 1 heterocycles. The lowest BCUT2D eigenvalue weighted by Gasteiger charge is -2.21. The van der Waals surface area contributed by atoms with Gasteiger partial charge >= 0.3 is 0 Å². The standard InChI is InChI=1S/C15H32N2/c1-5-6-13(2)7-9-17(4)10-8-15-11-14(3)12-16-15/h13-16H,5-12H2,1-4H3/t13?,14-,15?/m1/s1. The molecule has 17 heavy (non-hydrogen) atoms. The van der Waals surface area contributed by atoms with Crippen molar-refractivity contribution < 1.29 is 0 Å². The van der Waals surface area contributed by atoms with Gasteiger partial charge in [-0.3, -0.25) is 0 Å². The summed E-state index contributed by atoms with van der Waals surface area (Å²) >= 11 is 0. The van der Waals surface area contributed by atoms with Crippen molar-refractivity contribution in [2.24, 2.45) is 11.8 Å². The molecule has 2 heteroatoms. The third-order valence-electron chi connectivity index (χ3n) is 4.09. The molecule has 1 fully saturated rings. The summed E-state index contributed by atoms with van der Waals surface area (Å²) in [6.07, 6.45) is 6.77. The second-order valence-electron chi connectivity index (χ2n) is 6.22. The molecule has 0 aromatic rings. The molecule has 0 aromatic carbocycles. The van der Waals surface area contributed by atoms with Crippen LogP contribution < -0.4 is 5.32 Å². The van der Waals surface area contributed by atoms with Crippen LogP contribution in [0.25, 0.3) is 0 Å². The monoisotopic (exact) mass is 240 g/mol. The number of rotatable bonds is 8. The van der Waals surface area contributed by atoms with Crippen molar-refractivity contribution in [3.05, 3.63) is 0 Å². The molecule has 2 unspecified atom stereocenters. The van der Waals surface area contributed by atoms with Gasteiger partial charge in [0.05, 0.1) is 0 Å². The first-order chi connectivity index (χ1) is 8.11. The van der Waals surface area contributed by atoms with E-state index in [0.29, 0.717) is 0 Å². The van der Waals surface area contributed by atoms with Crippen molar-refractivity contribution in [2.75, 3.05) is 26.7 Å². The van der Waals surface area contributed by atoms with Gasteiger partial charge < -0.3 is 10.2 Å². The molecule has 1 aliphatic heterocycles. The Morgan fingerprint density at radius 3 is 2.65 bits per heavy atom. The summed E-state index contributed by atoms with van der Waals surface area (Å²) in [7, 11) is 2.27. The minimum absolute atomic E-state index is 0.778. The van der Waals surface area contributed by atoms with Gasteiger partial charge in [0.15, 0.2) is 0 Å². The normalized spacial score (nSPS) is 26.6. The Morgan fingerprint density at radius 2 is 2.06 bits per heavy atom. The van der Waals surface area contributed by atoms with Crippen molar-refractivity contribution in [1.29, 1.82) is 0 Å². The van der Waals surface area contributed by atoms with Crippen LogP contribution in [-0.2, 0) is 0 Å². The number of nitrogens with one attached hydrogen (secondary N) is 1. The van der Waals surface area contributed by atoms with Gasteiger partial charge in [-0.25, -0.2) is 0 Å². The van der Waals surface area contributed by atoms with E-state index in [9.17, 15) is 0 Å². The maximum absolute atomic E-state index is 3.62. The van der Waals surface area contributed by atoms with Gasteiger partial charge in [0.25, 0.3) is 0 Å². The molecule has 3 atom stereocenters. The van der Waals surface area contributed by atoms with Gasteiger partial charge in [0, 0.05) is 6.04 Å². The SMILES string of the molecule is CCCC(C)CCN(C)CCC1C[C@@H](C)CN1. The van der Waals surface area contributed by atoms with Crippen LogP contribution in [0.3, 0.4) is 0 Å². The molecule has 0 aliphatic carbocycles. The van der Waals surface area contributed by atoms with Crippen molar-refractivity contribution in [3.8, 4) is 0 Å². The van der Waals surface area contributed by atoms with Crippen LogP contribution in [0, 0.1) is 11.8 Å². The van der Waals surface area contributed by atoms with Gasteiger partial charge in [-0.15, -0.1) is 0 Å². The number of nitrogens with zero attached hydrogens (tertiary/aromatic N) is 1. The summed E-state index contributed by atoms with van der Waals surface area (Å²) in [4.78, 5) is 2.51.